The maximum Gasteiger partial charge on any atom is 0.129 e. The zero-order chi connectivity index (χ0) is 15.4. The van der Waals surface area contributed by atoms with Gasteiger partial charge in [0.05, 0.1) is 0 Å². The summed E-state index contributed by atoms with van der Waals surface area (Å²) in [6, 6.07) is 8.70. The van der Waals surface area contributed by atoms with Crippen molar-refractivity contribution in [3.05, 3.63) is 69.2 Å². The van der Waals surface area contributed by atoms with Crippen LogP contribution < -0.4 is 5.32 Å². The first-order valence-electron chi connectivity index (χ1n) is 6.63. The Hall–Kier alpha value is -1.16. The number of hydrogen-bond acceptors (Lipinski definition) is 1. The van der Waals surface area contributed by atoms with Crippen LogP contribution in [0.3, 0.4) is 0 Å². The second-order valence-electron chi connectivity index (χ2n) is 4.75. The molecule has 112 valence electrons. The molecule has 0 aliphatic heterocycles. The monoisotopic (exact) mass is 329 g/mol. The summed E-state index contributed by atoms with van der Waals surface area (Å²) in [4.78, 5) is 0. The van der Waals surface area contributed by atoms with E-state index in [9.17, 15) is 8.78 Å². The molecule has 5 heteroatoms. The normalized spacial score (nSPS) is 12.4. The fraction of sp³-hybridized carbons (Fsp3) is 0.250. The first-order valence-corrected chi connectivity index (χ1v) is 7.38. The lowest BCUT2D eigenvalue weighted by atomic mass is 9.98. The third-order valence-electron chi connectivity index (χ3n) is 3.18. The summed E-state index contributed by atoms with van der Waals surface area (Å²) < 4.78 is 26.8. The van der Waals surface area contributed by atoms with Crippen LogP contribution in [0.25, 0.3) is 0 Å². The van der Waals surface area contributed by atoms with E-state index in [-0.39, 0.29) is 6.04 Å². The van der Waals surface area contributed by atoms with Crippen LogP contribution in [0.2, 0.25) is 10.0 Å². The lowest BCUT2D eigenvalue weighted by Gasteiger charge is -2.19. The molecule has 1 N–H and O–H groups in total. The fourth-order valence-electron chi connectivity index (χ4n) is 2.24. The lowest BCUT2D eigenvalue weighted by molar-refractivity contribution is 0.521. The van der Waals surface area contributed by atoms with Gasteiger partial charge in [-0.05, 0) is 48.4 Å². The third-order valence-corrected chi connectivity index (χ3v) is 3.61. The van der Waals surface area contributed by atoms with Gasteiger partial charge in [0.25, 0.3) is 0 Å². The van der Waals surface area contributed by atoms with Crippen LogP contribution in [0, 0.1) is 11.6 Å². The van der Waals surface area contributed by atoms with E-state index in [2.05, 4.69) is 5.32 Å². The van der Waals surface area contributed by atoms with Gasteiger partial charge in [-0.3, -0.25) is 0 Å². The molecule has 0 fully saturated rings. The summed E-state index contributed by atoms with van der Waals surface area (Å²) in [6.45, 7) is 2.66. The van der Waals surface area contributed by atoms with Crippen LogP contribution in [0.1, 0.15) is 24.1 Å². The molecule has 0 bridgehead atoms. The molecule has 0 saturated heterocycles. The summed E-state index contributed by atoms with van der Waals surface area (Å²) in [7, 11) is 0. The molecule has 0 spiro atoms. The number of benzene rings is 2. The summed E-state index contributed by atoms with van der Waals surface area (Å²) in [5.41, 5.74) is 1.32. The summed E-state index contributed by atoms with van der Waals surface area (Å²) in [5.74, 6) is -1.13. The Morgan fingerprint density at radius 3 is 2.29 bits per heavy atom. The molecule has 0 amide bonds. The number of hydrogen-bond donors (Lipinski definition) is 1. The maximum atomic E-state index is 13.8. The largest absolute Gasteiger partial charge is 0.310 e. The topological polar surface area (TPSA) is 12.0 Å². The predicted molar refractivity (Wildman–Crippen MR) is 82.9 cm³/mol. The summed E-state index contributed by atoms with van der Waals surface area (Å²) >= 11 is 12.0. The average molecular weight is 330 g/mol. The van der Waals surface area contributed by atoms with E-state index in [4.69, 9.17) is 23.2 Å². The molecule has 1 atom stereocenters. The van der Waals surface area contributed by atoms with Crippen molar-refractivity contribution in [2.75, 3.05) is 6.54 Å². The van der Waals surface area contributed by atoms with Crippen molar-refractivity contribution in [3.63, 3.8) is 0 Å². The number of rotatable bonds is 5. The highest BCUT2D eigenvalue weighted by atomic mass is 35.5. The van der Waals surface area contributed by atoms with Crippen molar-refractivity contribution >= 4 is 23.2 Å². The summed E-state index contributed by atoms with van der Waals surface area (Å²) in [5, 5.41) is 4.32. The van der Waals surface area contributed by atoms with Gasteiger partial charge in [-0.15, -0.1) is 0 Å². The molecular formula is C16H15Cl2F2N. The first-order chi connectivity index (χ1) is 9.99. The molecule has 0 aliphatic rings. The molecule has 0 saturated carbocycles. The van der Waals surface area contributed by atoms with Gasteiger partial charge in [0.15, 0.2) is 0 Å². The van der Waals surface area contributed by atoms with Crippen molar-refractivity contribution in [1.29, 1.82) is 0 Å². The minimum absolute atomic E-state index is 0.147. The van der Waals surface area contributed by atoms with Gasteiger partial charge in [-0.25, -0.2) is 8.78 Å². The Morgan fingerprint density at radius 2 is 1.71 bits per heavy atom. The van der Waals surface area contributed by atoms with Crippen LogP contribution in [-0.4, -0.2) is 6.54 Å². The Balaban J connectivity index is 2.30. The second-order valence-corrected chi connectivity index (χ2v) is 5.63. The van der Waals surface area contributed by atoms with Gasteiger partial charge >= 0.3 is 0 Å². The van der Waals surface area contributed by atoms with Crippen molar-refractivity contribution in [3.8, 4) is 0 Å². The standard InChI is InChI=1S/C16H15Cl2F2N/c1-2-21-16(11-5-12(17)8-13(18)6-11)7-10-3-4-14(19)9-15(10)20/h3-6,8-9,16,21H,2,7H2,1H3. The number of likely N-dealkylation sites (N-methyl/N-ethyl adjacent to an activating group) is 1. The average Bonchev–Trinajstić information content (AvgIpc) is 2.40. The highest BCUT2D eigenvalue weighted by Gasteiger charge is 2.15. The van der Waals surface area contributed by atoms with E-state index in [0.29, 0.717) is 28.6 Å². The van der Waals surface area contributed by atoms with Gasteiger partial charge < -0.3 is 5.32 Å². The molecular weight excluding hydrogens is 315 g/mol. The molecule has 1 unspecified atom stereocenters. The molecule has 2 rings (SSSR count). The van der Waals surface area contributed by atoms with Crippen molar-refractivity contribution in [2.24, 2.45) is 0 Å². The SMILES string of the molecule is CCNC(Cc1ccc(F)cc1F)c1cc(Cl)cc(Cl)c1. The van der Waals surface area contributed by atoms with Crippen LogP contribution in [0.4, 0.5) is 8.78 Å². The number of halogens is 4. The van der Waals surface area contributed by atoms with Crippen molar-refractivity contribution < 1.29 is 8.78 Å². The third kappa shape index (κ3) is 4.40. The first kappa shape index (κ1) is 16.2. The van der Waals surface area contributed by atoms with Crippen LogP contribution >= 0.6 is 23.2 Å². The van der Waals surface area contributed by atoms with Gasteiger partial charge in [-0.1, -0.05) is 36.2 Å². The zero-order valence-electron chi connectivity index (χ0n) is 11.5. The zero-order valence-corrected chi connectivity index (χ0v) is 13.0. The quantitative estimate of drug-likeness (QED) is 0.798. The lowest BCUT2D eigenvalue weighted by Crippen LogP contribution is -2.23. The van der Waals surface area contributed by atoms with E-state index < -0.39 is 11.6 Å². The van der Waals surface area contributed by atoms with Gasteiger partial charge in [-0.2, -0.15) is 0 Å². The van der Waals surface area contributed by atoms with E-state index in [1.807, 2.05) is 6.92 Å². The predicted octanol–water partition coefficient (Wildman–Crippen LogP) is 5.16. The highest BCUT2D eigenvalue weighted by Crippen LogP contribution is 2.26. The smallest absolute Gasteiger partial charge is 0.129 e. The molecule has 21 heavy (non-hydrogen) atoms. The molecule has 1 nitrogen and oxygen atoms in total. The van der Waals surface area contributed by atoms with E-state index in [1.165, 1.54) is 12.1 Å². The minimum atomic E-state index is -0.581. The molecule has 2 aromatic carbocycles. The van der Waals surface area contributed by atoms with Gasteiger partial charge in [0.2, 0.25) is 0 Å². The Morgan fingerprint density at radius 1 is 1.05 bits per heavy atom. The van der Waals surface area contributed by atoms with E-state index in [1.54, 1.807) is 18.2 Å². The molecule has 2 aromatic rings. The molecule has 0 radical (unpaired) electrons. The van der Waals surface area contributed by atoms with Crippen molar-refractivity contribution in [2.45, 2.75) is 19.4 Å². The summed E-state index contributed by atoms with van der Waals surface area (Å²) in [6.07, 6.45) is 0.386. The van der Waals surface area contributed by atoms with Gasteiger partial charge in [0, 0.05) is 22.2 Å². The van der Waals surface area contributed by atoms with E-state index in [0.717, 1.165) is 11.6 Å². The Bertz CT molecular complexity index is 611. The second kappa shape index (κ2) is 7.21. The van der Waals surface area contributed by atoms with Crippen LogP contribution in [-0.2, 0) is 6.42 Å². The van der Waals surface area contributed by atoms with Gasteiger partial charge in [0.1, 0.15) is 11.6 Å². The minimum Gasteiger partial charge on any atom is -0.310 e. The molecule has 0 aliphatic carbocycles. The Labute approximate surface area is 132 Å². The van der Waals surface area contributed by atoms with Crippen molar-refractivity contribution in [1.82, 2.24) is 5.32 Å². The van der Waals surface area contributed by atoms with Crippen LogP contribution in [0.5, 0.6) is 0 Å². The number of nitrogens with one attached hydrogen (secondary N) is 1. The highest BCUT2D eigenvalue weighted by molar-refractivity contribution is 6.34. The Kier molecular flexibility index (Phi) is 5.57. The van der Waals surface area contributed by atoms with E-state index >= 15 is 0 Å². The maximum absolute atomic E-state index is 13.8. The van der Waals surface area contributed by atoms with Crippen LogP contribution in [0.15, 0.2) is 36.4 Å². The molecule has 0 aromatic heterocycles. The molecule has 0 heterocycles. The fourth-order valence-corrected chi connectivity index (χ4v) is 2.78.